The first-order chi connectivity index (χ1) is 8.95. The third-order valence-electron chi connectivity index (χ3n) is 2.96. The highest BCUT2D eigenvalue weighted by atomic mass is 35.5. The summed E-state index contributed by atoms with van der Waals surface area (Å²) in [5.41, 5.74) is 1.93. The number of aliphatic hydroxyl groups is 1. The van der Waals surface area contributed by atoms with Gasteiger partial charge in [0, 0.05) is 12.6 Å². The molecule has 0 aliphatic rings. The predicted octanol–water partition coefficient (Wildman–Crippen LogP) is 3.13. The third-order valence-corrected chi connectivity index (χ3v) is 3.72. The van der Waals surface area contributed by atoms with Gasteiger partial charge in [0.2, 0.25) is 0 Å². The Morgan fingerprint density at radius 2 is 2.05 bits per heavy atom. The number of hydrogen-bond acceptors (Lipinski definition) is 3. The summed E-state index contributed by atoms with van der Waals surface area (Å²) >= 11 is 12.1. The number of ether oxygens (including phenoxy) is 1. The SMILES string of the molecule is COc1cc(C(O)c2c(C)nn(C)c2Cl)ccc1Cl. The topological polar surface area (TPSA) is 47.3 Å². The van der Waals surface area contributed by atoms with E-state index < -0.39 is 6.10 Å². The average molecular weight is 301 g/mol. The molecule has 1 heterocycles. The van der Waals surface area contributed by atoms with Gasteiger partial charge in [0.15, 0.2) is 0 Å². The maximum absolute atomic E-state index is 10.4. The Bertz CT molecular complexity index is 611. The van der Waals surface area contributed by atoms with Gasteiger partial charge < -0.3 is 9.84 Å². The van der Waals surface area contributed by atoms with E-state index in [2.05, 4.69) is 5.10 Å². The summed E-state index contributed by atoms with van der Waals surface area (Å²) in [6.45, 7) is 1.80. The summed E-state index contributed by atoms with van der Waals surface area (Å²) in [5, 5.41) is 15.5. The van der Waals surface area contributed by atoms with Crippen LogP contribution in [0.4, 0.5) is 0 Å². The largest absolute Gasteiger partial charge is 0.495 e. The van der Waals surface area contributed by atoms with Crippen LogP contribution in [0.15, 0.2) is 18.2 Å². The highest BCUT2D eigenvalue weighted by Crippen LogP contribution is 2.34. The standard InChI is InChI=1S/C13H14Cl2N2O2/c1-7-11(13(15)17(2)16-7)12(18)8-4-5-9(14)10(6-8)19-3/h4-6,12,18H,1-3H3. The van der Waals surface area contributed by atoms with Gasteiger partial charge in [-0.2, -0.15) is 5.10 Å². The van der Waals surface area contributed by atoms with Gasteiger partial charge >= 0.3 is 0 Å². The molecule has 102 valence electrons. The molecule has 0 radical (unpaired) electrons. The van der Waals surface area contributed by atoms with Crippen molar-refractivity contribution in [1.82, 2.24) is 9.78 Å². The molecule has 4 nitrogen and oxygen atoms in total. The Morgan fingerprint density at radius 3 is 2.58 bits per heavy atom. The van der Waals surface area contributed by atoms with E-state index in [9.17, 15) is 5.11 Å². The summed E-state index contributed by atoms with van der Waals surface area (Å²) in [5.74, 6) is 0.510. The highest BCUT2D eigenvalue weighted by Gasteiger charge is 2.21. The molecule has 19 heavy (non-hydrogen) atoms. The van der Waals surface area contributed by atoms with Crippen molar-refractivity contribution in [2.24, 2.45) is 7.05 Å². The molecular formula is C13H14Cl2N2O2. The molecule has 1 aromatic carbocycles. The van der Waals surface area contributed by atoms with Crippen molar-refractivity contribution in [2.45, 2.75) is 13.0 Å². The fourth-order valence-corrected chi connectivity index (χ4v) is 2.44. The van der Waals surface area contributed by atoms with E-state index in [0.29, 0.717) is 32.7 Å². The second kappa shape index (κ2) is 5.41. The van der Waals surface area contributed by atoms with Crippen LogP contribution in [-0.4, -0.2) is 22.0 Å². The number of aryl methyl sites for hydroxylation is 2. The van der Waals surface area contributed by atoms with Crippen LogP contribution in [0, 0.1) is 6.92 Å². The lowest BCUT2D eigenvalue weighted by atomic mass is 10.0. The minimum Gasteiger partial charge on any atom is -0.495 e. The van der Waals surface area contributed by atoms with Gasteiger partial charge in [-0.1, -0.05) is 29.3 Å². The summed E-state index contributed by atoms with van der Waals surface area (Å²) < 4.78 is 6.67. The minimum atomic E-state index is -0.868. The molecule has 1 atom stereocenters. The van der Waals surface area contributed by atoms with Crippen LogP contribution in [0.2, 0.25) is 10.2 Å². The van der Waals surface area contributed by atoms with Crippen LogP contribution in [0.1, 0.15) is 22.9 Å². The molecule has 2 aromatic rings. The van der Waals surface area contributed by atoms with E-state index >= 15 is 0 Å². The lowest BCUT2D eigenvalue weighted by Crippen LogP contribution is -2.02. The minimum absolute atomic E-state index is 0.416. The van der Waals surface area contributed by atoms with E-state index in [-0.39, 0.29) is 0 Å². The van der Waals surface area contributed by atoms with Crippen LogP contribution in [0.3, 0.4) is 0 Å². The summed E-state index contributed by atoms with van der Waals surface area (Å²) in [6.07, 6.45) is -0.868. The Kier molecular flexibility index (Phi) is 4.04. The molecular weight excluding hydrogens is 287 g/mol. The van der Waals surface area contributed by atoms with Crippen molar-refractivity contribution < 1.29 is 9.84 Å². The number of aliphatic hydroxyl groups excluding tert-OH is 1. The van der Waals surface area contributed by atoms with E-state index in [4.69, 9.17) is 27.9 Å². The van der Waals surface area contributed by atoms with Gasteiger partial charge in [-0.25, -0.2) is 0 Å². The maximum atomic E-state index is 10.4. The van der Waals surface area contributed by atoms with Gasteiger partial charge in [0.1, 0.15) is 17.0 Å². The lowest BCUT2D eigenvalue weighted by molar-refractivity contribution is 0.219. The normalized spacial score (nSPS) is 12.5. The third kappa shape index (κ3) is 2.56. The molecule has 0 bridgehead atoms. The average Bonchev–Trinajstić information content (AvgIpc) is 2.63. The van der Waals surface area contributed by atoms with E-state index in [1.807, 2.05) is 0 Å². The Balaban J connectivity index is 2.46. The Labute approximate surface area is 121 Å². The van der Waals surface area contributed by atoms with E-state index in [1.54, 1.807) is 32.2 Å². The first-order valence-corrected chi connectivity index (χ1v) is 6.41. The molecule has 1 unspecified atom stereocenters. The smallest absolute Gasteiger partial charge is 0.137 e. The zero-order valence-electron chi connectivity index (χ0n) is 10.8. The molecule has 0 amide bonds. The quantitative estimate of drug-likeness (QED) is 0.947. The number of hydrogen-bond donors (Lipinski definition) is 1. The maximum Gasteiger partial charge on any atom is 0.137 e. The zero-order valence-corrected chi connectivity index (χ0v) is 12.3. The summed E-state index contributed by atoms with van der Waals surface area (Å²) in [6, 6.07) is 5.10. The Hall–Kier alpha value is -1.23. The van der Waals surface area contributed by atoms with E-state index in [1.165, 1.54) is 11.8 Å². The van der Waals surface area contributed by atoms with Crippen molar-refractivity contribution in [3.63, 3.8) is 0 Å². The monoisotopic (exact) mass is 300 g/mol. The summed E-state index contributed by atoms with van der Waals surface area (Å²) in [7, 11) is 3.26. The van der Waals surface area contributed by atoms with Gasteiger partial charge in [-0.05, 0) is 24.6 Å². The molecule has 6 heteroatoms. The molecule has 0 aliphatic heterocycles. The number of nitrogens with zero attached hydrogens (tertiary/aromatic N) is 2. The van der Waals surface area contributed by atoms with Crippen molar-refractivity contribution in [1.29, 1.82) is 0 Å². The van der Waals surface area contributed by atoms with Crippen LogP contribution in [0.5, 0.6) is 5.75 Å². The van der Waals surface area contributed by atoms with Crippen molar-refractivity contribution in [3.05, 3.63) is 45.2 Å². The Morgan fingerprint density at radius 1 is 1.37 bits per heavy atom. The van der Waals surface area contributed by atoms with E-state index in [0.717, 1.165) is 0 Å². The molecule has 0 fully saturated rings. The first-order valence-electron chi connectivity index (χ1n) is 5.66. The number of aromatic nitrogens is 2. The number of halogens is 2. The van der Waals surface area contributed by atoms with Gasteiger partial charge in [0.25, 0.3) is 0 Å². The molecule has 2 rings (SSSR count). The first kappa shape index (κ1) is 14.2. The lowest BCUT2D eigenvalue weighted by Gasteiger charge is -2.13. The molecule has 0 aliphatic carbocycles. The van der Waals surface area contributed by atoms with Crippen molar-refractivity contribution >= 4 is 23.2 Å². The molecule has 0 saturated carbocycles. The van der Waals surface area contributed by atoms with Crippen LogP contribution >= 0.6 is 23.2 Å². The number of rotatable bonds is 3. The van der Waals surface area contributed by atoms with Crippen molar-refractivity contribution in [2.75, 3.05) is 7.11 Å². The molecule has 0 saturated heterocycles. The number of benzene rings is 1. The number of methoxy groups -OCH3 is 1. The van der Waals surface area contributed by atoms with Gasteiger partial charge in [0.05, 0.1) is 17.8 Å². The molecule has 1 aromatic heterocycles. The predicted molar refractivity (Wildman–Crippen MR) is 75.0 cm³/mol. The fourth-order valence-electron chi connectivity index (χ4n) is 1.97. The highest BCUT2D eigenvalue weighted by molar-refractivity contribution is 6.32. The van der Waals surface area contributed by atoms with Crippen molar-refractivity contribution in [3.8, 4) is 5.75 Å². The summed E-state index contributed by atoms with van der Waals surface area (Å²) in [4.78, 5) is 0. The fraction of sp³-hybridized carbons (Fsp3) is 0.308. The van der Waals surface area contributed by atoms with Gasteiger partial charge in [-0.15, -0.1) is 0 Å². The van der Waals surface area contributed by atoms with Gasteiger partial charge in [-0.3, -0.25) is 4.68 Å². The second-order valence-corrected chi connectivity index (χ2v) is 4.98. The van der Waals surface area contributed by atoms with Crippen LogP contribution in [0.25, 0.3) is 0 Å². The van der Waals surface area contributed by atoms with Crippen LogP contribution < -0.4 is 4.74 Å². The second-order valence-electron chi connectivity index (χ2n) is 4.21. The van der Waals surface area contributed by atoms with Crippen LogP contribution in [-0.2, 0) is 7.05 Å². The molecule has 1 N–H and O–H groups in total. The molecule has 0 spiro atoms. The zero-order chi connectivity index (χ0) is 14.2.